The van der Waals surface area contributed by atoms with Crippen molar-refractivity contribution in [3.63, 3.8) is 0 Å². The highest BCUT2D eigenvalue weighted by Crippen LogP contribution is 2.24. The van der Waals surface area contributed by atoms with Crippen molar-refractivity contribution in [3.05, 3.63) is 59.4 Å². The fraction of sp³-hybridized carbons (Fsp3) is 0.333. The van der Waals surface area contributed by atoms with Crippen molar-refractivity contribution < 1.29 is 13.9 Å². The Kier molecular flexibility index (Phi) is 7.35. The van der Waals surface area contributed by atoms with Gasteiger partial charge in [-0.1, -0.05) is 24.1 Å². The zero-order valence-corrected chi connectivity index (χ0v) is 17.5. The summed E-state index contributed by atoms with van der Waals surface area (Å²) in [6.07, 6.45) is 6.91. The number of nitrogens with one attached hydrogen (secondary N) is 1. The molecule has 0 aromatic heterocycles. The Bertz CT molecular complexity index is 1010. The molecule has 0 spiro atoms. The number of carbonyl (C=O) groups is 1. The van der Waals surface area contributed by atoms with Gasteiger partial charge >= 0.3 is 6.03 Å². The third-order valence-corrected chi connectivity index (χ3v) is 5.20. The molecule has 0 aliphatic carbocycles. The normalized spacial score (nSPS) is 15.5. The number of terminal acetylenes is 1. The molecular formula is C24H25FN4O2. The third kappa shape index (κ3) is 5.67. The van der Waals surface area contributed by atoms with Gasteiger partial charge in [0.25, 0.3) is 0 Å². The van der Waals surface area contributed by atoms with Crippen LogP contribution in [0.4, 0.5) is 14.9 Å². The number of para-hydroxylation sites is 1. The van der Waals surface area contributed by atoms with Crippen LogP contribution in [0, 0.1) is 29.5 Å². The molecule has 0 unspecified atom stereocenters. The number of ether oxygens (including phenoxy) is 1. The second kappa shape index (κ2) is 10.4. The highest BCUT2D eigenvalue weighted by atomic mass is 19.1. The van der Waals surface area contributed by atoms with E-state index in [0.29, 0.717) is 31.1 Å². The largest absolute Gasteiger partial charge is 0.481 e. The van der Waals surface area contributed by atoms with Crippen LogP contribution in [0.5, 0.6) is 5.75 Å². The van der Waals surface area contributed by atoms with Crippen LogP contribution in [-0.2, 0) is 6.54 Å². The minimum absolute atomic E-state index is 0.105. The van der Waals surface area contributed by atoms with Crippen molar-refractivity contribution in [1.82, 2.24) is 10.2 Å². The van der Waals surface area contributed by atoms with Gasteiger partial charge in [0.05, 0.1) is 23.9 Å². The summed E-state index contributed by atoms with van der Waals surface area (Å²) < 4.78 is 19.9. The number of hydrogen-bond acceptors (Lipinski definition) is 4. The van der Waals surface area contributed by atoms with Crippen molar-refractivity contribution in [2.24, 2.45) is 0 Å². The van der Waals surface area contributed by atoms with Crippen LogP contribution >= 0.6 is 0 Å². The van der Waals surface area contributed by atoms with E-state index in [1.54, 1.807) is 24.1 Å². The summed E-state index contributed by atoms with van der Waals surface area (Å²) in [5.41, 5.74) is 1.60. The second-order valence-electron chi connectivity index (χ2n) is 7.47. The molecule has 1 saturated heterocycles. The predicted molar refractivity (Wildman–Crippen MR) is 117 cm³/mol. The van der Waals surface area contributed by atoms with Crippen molar-refractivity contribution in [2.45, 2.75) is 25.4 Å². The van der Waals surface area contributed by atoms with Gasteiger partial charge in [-0.25, -0.2) is 9.18 Å². The van der Waals surface area contributed by atoms with Gasteiger partial charge in [0.1, 0.15) is 18.2 Å². The number of amides is 2. The molecule has 6 nitrogen and oxygen atoms in total. The van der Waals surface area contributed by atoms with Crippen molar-refractivity contribution in [1.29, 1.82) is 5.26 Å². The molecule has 160 valence electrons. The maximum atomic E-state index is 14.4. The van der Waals surface area contributed by atoms with Crippen LogP contribution in [0.2, 0.25) is 0 Å². The average Bonchev–Trinajstić information content (AvgIpc) is 2.78. The molecule has 2 aromatic rings. The molecule has 1 aliphatic heterocycles. The SMILES string of the molecule is C#CCOc1ccccc1CN(C)C(=O)N[C@H]1CCCN(c2ccc(C#N)cc2F)C1. The van der Waals surface area contributed by atoms with E-state index in [9.17, 15) is 9.18 Å². The Morgan fingerprint density at radius 2 is 2.19 bits per heavy atom. The topological polar surface area (TPSA) is 68.6 Å². The predicted octanol–water partition coefficient (Wildman–Crippen LogP) is 3.52. The lowest BCUT2D eigenvalue weighted by atomic mass is 10.0. The van der Waals surface area contributed by atoms with Crippen LogP contribution in [0.15, 0.2) is 42.5 Å². The van der Waals surface area contributed by atoms with Gasteiger partial charge in [0, 0.05) is 31.7 Å². The van der Waals surface area contributed by atoms with Gasteiger partial charge in [-0.3, -0.25) is 0 Å². The van der Waals surface area contributed by atoms with Crippen molar-refractivity contribution >= 4 is 11.7 Å². The van der Waals surface area contributed by atoms with E-state index in [-0.39, 0.29) is 24.2 Å². The Labute approximate surface area is 182 Å². The Morgan fingerprint density at radius 3 is 2.94 bits per heavy atom. The molecule has 2 aromatic carbocycles. The Morgan fingerprint density at radius 1 is 1.39 bits per heavy atom. The molecule has 0 bridgehead atoms. The van der Waals surface area contributed by atoms with E-state index in [1.807, 2.05) is 35.2 Å². The number of rotatable bonds is 6. The lowest BCUT2D eigenvalue weighted by molar-refractivity contribution is 0.200. The van der Waals surface area contributed by atoms with Gasteiger partial charge in [-0.05, 0) is 37.1 Å². The van der Waals surface area contributed by atoms with Crippen LogP contribution in [0.3, 0.4) is 0 Å². The maximum Gasteiger partial charge on any atom is 0.317 e. The summed E-state index contributed by atoms with van der Waals surface area (Å²) in [6, 6.07) is 13.6. The minimum atomic E-state index is -0.424. The zero-order chi connectivity index (χ0) is 22.2. The second-order valence-corrected chi connectivity index (χ2v) is 7.47. The number of halogens is 1. The number of urea groups is 1. The van der Waals surface area contributed by atoms with Crippen LogP contribution in [0.25, 0.3) is 0 Å². The smallest absolute Gasteiger partial charge is 0.317 e. The molecule has 31 heavy (non-hydrogen) atoms. The third-order valence-electron chi connectivity index (χ3n) is 5.20. The van der Waals surface area contributed by atoms with E-state index >= 15 is 0 Å². The summed E-state index contributed by atoms with van der Waals surface area (Å²) in [4.78, 5) is 16.2. The van der Waals surface area contributed by atoms with E-state index in [1.165, 1.54) is 6.07 Å². The fourth-order valence-corrected chi connectivity index (χ4v) is 3.65. The maximum absolute atomic E-state index is 14.4. The molecule has 0 radical (unpaired) electrons. The lowest BCUT2D eigenvalue weighted by Gasteiger charge is -2.35. The highest BCUT2D eigenvalue weighted by Gasteiger charge is 2.24. The Balaban J connectivity index is 1.60. The van der Waals surface area contributed by atoms with Crippen LogP contribution in [0.1, 0.15) is 24.0 Å². The first-order chi connectivity index (χ1) is 15.0. The van der Waals surface area contributed by atoms with Gasteiger partial charge in [-0.2, -0.15) is 5.26 Å². The molecule has 2 amide bonds. The average molecular weight is 420 g/mol. The summed E-state index contributed by atoms with van der Waals surface area (Å²) in [5.74, 6) is 2.67. The molecule has 1 fully saturated rings. The summed E-state index contributed by atoms with van der Waals surface area (Å²) >= 11 is 0. The number of nitriles is 1. The first-order valence-electron chi connectivity index (χ1n) is 10.1. The first kappa shape index (κ1) is 22.0. The molecule has 1 aliphatic rings. The molecule has 7 heteroatoms. The monoisotopic (exact) mass is 420 g/mol. The number of anilines is 1. The first-order valence-corrected chi connectivity index (χ1v) is 10.1. The molecule has 1 N–H and O–H groups in total. The van der Waals surface area contributed by atoms with Gasteiger partial charge in [-0.15, -0.1) is 6.42 Å². The van der Waals surface area contributed by atoms with Gasteiger partial charge < -0.3 is 19.9 Å². The molecular weight excluding hydrogens is 395 g/mol. The van der Waals surface area contributed by atoms with Crippen molar-refractivity contribution in [2.75, 3.05) is 31.6 Å². The summed E-state index contributed by atoms with van der Waals surface area (Å²) in [6.45, 7) is 1.74. The van der Waals surface area contributed by atoms with E-state index in [4.69, 9.17) is 16.4 Å². The van der Waals surface area contributed by atoms with Crippen molar-refractivity contribution in [3.8, 4) is 24.2 Å². The zero-order valence-electron chi connectivity index (χ0n) is 17.5. The summed E-state index contributed by atoms with van der Waals surface area (Å²) in [7, 11) is 1.72. The highest BCUT2D eigenvalue weighted by molar-refractivity contribution is 5.74. The van der Waals surface area contributed by atoms with Gasteiger partial charge in [0.2, 0.25) is 0 Å². The molecule has 1 heterocycles. The van der Waals surface area contributed by atoms with E-state index < -0.39 is 5.82 Å². The number of benzene rings is 2. The fourth-order valence-electron chi connectivity index (χ4n) is 3.65. The standard InChI is InChI=1S/C24H25FN4O2/c1-3-13-31-23-9-5-4-7-19(23)16-28(2)24(30)27-20-8-6-12-29(17-20)22-11-10-18(15-26)14-21(22)25/h1,4-5,7,9-11,14,20H,6,8,12-13,16-17H2,2H3,(H,27,30)/t20-/m0/s1. The van der Waals surface area contributed by atoms with Crippen LogP contribution in [-0.4, -0.2) is 43.7 Å². The van der Waals surface area contributed by atoms with E-state index in [2.05, 4.69) is 11.2 Å². The molecule has 0 saturated carbocycles. The lowest BCUT2D eigenvalue weighted by Crippen LogP contribution is -2.51. The molecule has 1 atom stereocenters. The quantitative estimate of drug-likeness (QED) is 0.726. The Hall–Kier alpha value is -3.71. The summed E-state index contributed by atoms with van der Waals surface area (Å²) in [5, 5.41) is 12.0. The van der Waals surface area contributed by atoms with E-state index in [0.717, 1.165) is 18.4 Å². The number of nitrogens with zero attached hydrogens (tertiary/aromatic N) is 3. The minimum Gasteiger partial charge on any atom is -0.481 e. The van der Waals surface area contributed by atoms with Crippen LogP contribution < -0.4 is 15.0 Å². The van der Waals surface area contributed by atoms with Gasteiger partial charge in [0.15, 0.2) is 0 Å². The number of piperidine rings is 1. The number of hydrogen-bond donors (Lipinski definition) is 1. The molecule has 3 rings (SSSR count). The number of carbonyl (C=O) groups excluding carboxylic acids is 1.